The lowest BCUT2D eigenvalue weighted by Crippen LogP contribution is -2.36. The van der Waals surface area contributed by atoms with E-state index in [1.54, 1.807) is 11.8 Å². The number of nitrogens with zero attached hydrogens (tertiary/aromatic N) is 1. The van der Waals surface area contributed by atoms with Gasteiger partial charge in [0.1, 0.15) is 0 Å². The Morgan fingerprint density at radius 2 is 2.25 bits per heavy atom. The Labute approximate surface area is 104 Å². The number of amides is 1. The highest BCUT2D eigenvalue weighted by Gasteiger charge is 2.35. The molecule has 1 amide bonds. The van der Waals surface area contributed by atoms with Crippen LogP contribution in [-0.2, 0) is 4.79 Å². The molecule has 1 heterocycles. The van der Waals surface area contributed by atoms with Gasteiger partial charge in [0.05, 0.1) is 5.69 Å². The summed E-state index contributed by atoms with van der Waals surface area (Å²) >= 11 is 7.79. The molecule has 0 radical (unpaired) electrons. The van der Waals surface area contributed by atoms with Crippen LogP contribution in [0, 0.1) is 5.92 Å². The van der Waals surface area contributed by atoms with Gasteiger partial charge in [-0.3, -0.25) is 4.79 Å². The smallest absolute Gasteiger partial charge is 0.230 e. The number of benzene rings is 1. The zero-order chi connectivity index (χ0) is 11.1. The van der Waals surface area contributed by atoms with Crippen molar-refractivity contribution in [1.82, 2.24) is 0 Å². The van der Waals surface area contributed by atoms with Crippen LogP contribution >= 0.6 is 23.4 Å². The van der Waals surface area contributed by atoms with Crippen LogP contribution in [0.25, 0.3) is 0 Å². The second-order valence-corrected chi connectivity index (χ2v) is 5.80. The largest absolute Gasteiger partial charge is 0.310 e. The molecule has 2 aliphatic rings. The molecule has 0 spiro atoms. The summed E-state index contributed by atoms with van der Waals surface area (Å²) < 4.78 is 0. The molecule has 1 aliphatic heterocycles. The minimum atomic E-state index is 0.273. The number of carbonyl (C=O) groups is 1. The Morgan fingerprint density at radius 3 is 3.00 bits per heavy atom. The van der Waals surface area contributed by atoms with Gasteiger partial charge in [0.25, 0.3) is 0 Å². The van der Waals surface area contributed by atoms with E-state index in [1.165, 1.54) is 4.90 Å². The second-order valence-electron chi connectivity index (χ2n) is 4.22. The van der Waals surface area contributed by atoms with Gasteiger partial charge in [-0.05, 0) is 31.0 Å². The standard InChI is InChI=1S/C12H12ClNOS/c13-9-3-4-11-10(7-9)14(5-6-16-11)12(15)8-1-2-8/h3-4,7-8H,1-2,5-6H2. The SMILES string of the molecule is O=C(C1CC1)N1CCSc2ccc(Cl)cc21. The van der Waals surface area contributed by atoms with Gasteiger partial charge in [0.2, 0.25) is 5.91 Å². The molecule has 1 saturated carbocycles. The van der Waals surface area contributed by atoms with Crippen molar-refractivity contribution in [1.29, 1.82) is 0 Å². The molecule has 0 bridgehead atoms. The first-order valence-corrected chi connectivity index (χ1v) is 6.86. The lowest BCUT2D eigenvalue weighted by atomic mass is 10.2. The van der Waals surface area contributed by atoms with E-state index in [-0.39, 0.29) is 11.8 Å². The number of hydrogen-bond acceptors (Lipinski definition) is 2. The van der Waals surface area contributed by atoms with Crippen LogP contribution < -0.4 is 4.90 Å². The third-order valence-electron chi connectivity index (χ3n) is 2.98. The van der Waals surface area contributed by atoms with Gasteiger partial charge in [-0.2, -0.15) is 0 Å². The van der Waals surface area contributed by atoms with Gasteiger partial charge in [-0.1, -0.05) is 11.6 Å². The highest BCUT2D eigenvalue weighted by molar-refractivity contribution is 7.99. The van der Waals surface area contributed by atoms with E-state index in [0.717, 1.165) is 30.8 Å². The van der Waals surface area contributed by atoms with E-state index in [4.69, 9.17) is 11.6 Å². The predicted octanol–water partition coefficient (Wildman–Crippen LogP) is 3.19. The highest BCUT2D eigenvalue weighted by atomic mass is 35.5. The average Bonchev–Trinajstić information content (AvgIpc) is 3.11. The molecular formula is C12H12ClNOS. The summed E-state index contributed by atoms with van der Waals surface area (Å²) in [6, 6.07) is 5.80. The average molecular weight is 254 g/mol. The van der Waals surface area contributed by atoms with Crippen LogP contribution in [0.2, 0.25) is 5.02 Å². The van der Waals surface area contributed by atoms with Gasteiger partial charge in [-0.25, -0.2) is 0 Å². The molecule has 0 aromatic heterocycles. The molecule has 4 heteroatoms. The monoisotopic (exact) mass is 253 g/mol. The van der Waals surface area contributed by atoms with E-state index < -0.39 is 0 Å². The van der Waals surface area contributed by atoms with Gasteiger partial charge in [0, 0.05) is 28.1 Å². The van der Waals surface area contributed by atoms with Crippen molar-refractivity contribution >= 4 is 35.0 Å². The summed E-state index contributed by atoms with van der Waals surface area (Å²) in [7, 11) is 0. The quantitative estimate of drug-likeness (QED) is 0.766. The minimum absolute atomic E-state index is 0.273. The summed E-state index contributed by atoms with van der Waals surface area (Å²) in [4.78, 5) is 15.2. The number of anilines is 1. The maximum Gasteiger partial charge on any atom is 0.230 e. The molecular weight excluding hydrogens is 242 g/mol. The zero-order valence-electron chi connectivity index (χ0n) is 8.78. The molecule has 0 N–H and O–H groups in total. The van der Waals surface area contributed by atoms with Crippen molar-refractivity contribution in [3.8, 4) is 0 Å². The van der Waals surface area contributed by atoms with Gasteiger partial charge >= 0.3 is 0 Å². The Hall–Kier alpha value is -0.670. The Kier molecular flexibility index (Phi) is 2.60. The fourth-order valence-electron chi connectivity index (χ4n) is 1.97. The van der Waals surface area contributed by atoms with Gasteiger partial charge in [0.15, 0.2) is 0 Å². The summed E-state index contributed by atoms with van der Waals surface area (Å²) in [5.41, 5.74) is 1.00. The fraction of sp³-hybridized carbons (Fsp3) is 0.417. The van der Waals surface area contributed by atoms with Crippen LogP contribution in [0.3, 0.4) is 0 Å². The fourth-order valence-corrected chi connectivity index (χ4v) is 3.11. The molecule has 0 saturated heterocycles. The van der Waals surface area contributed by atoms with Crippen molar-refractivity contribution in [2.75, 3.05) is 17.2 Å². The third kappa shape index (κ3) is 1.82. The van der Waals surface area contributed by atoms with E-state index >= 15 is 0 Å². The molecule has 1 aliphatic carbocycles. The van der Waals surface area contributed by atoms with Crippen LogP contribution in [0.1, 0.15) is 12.8 Å². The molecule has 1 aromatic carbocycles. The van der Waals surface area contributed by atoms with Crippen LogP contribution in [0.5, 0.6) is 0 Å². The van der Waals surface area contributed by atoms with Crippen molar-refractivity contribution < 1.29 is 4.79 Å². The molecule has 2 nitrogen and oxygen atoms in total. The first kappa shape index (κ1) is 10.5. The van der Waals surface area contributed by atoms with E-state index in [1.807, 2.05) is 23.1 Å². The zero-order valence-corrected chi connectivity index (χ0v) is 10.4. The van der Waals surface area contributed by atoms with Crippen LogP contribution in [0.4, 0.5) is 5.69 Å². The third-order valence-corrected chi connectivity index (χ3v) is 4.25. The molecule has 1 fully saturated rings. The molecule has 3 rings (SSSR count). The van der Waals surface area contributed by atoms with Crippen molar-refractivity contribution in [2.24, 2.45) is 5.92 Å². The molecule has 1 aromatic rings. The number of thioether (sulfide) groups is 1. The van der Waals surface area contributed by atoms with Crippen molar-refractivity contribution in [2.45, 2.75) is 17.7 Å². The summed E-state index contributed by atoms with van der Waals surface area (Å²) in [5, 5.41) is 0.704. The first-order chi connectivity index (χ1) is 7.75. The number of halogens is 1. The van der Waals surface area contributed by atoms with Crippen molar-refractivity contribution in [3.63, 3.8) is 0 Å². The van der Waals surface area contributed by atoms with E-state index in [2.05, 4.69) is 0 Å². The molecule has 0 unspecified atom stereocenters. The molecule has 16 heavy (non-hydrogen) atoms. The Balaban J connectivity index is 1.97. The summed E-state index contributed by atoms with van der Waals surface area (Å²) in [5.74, 6) is 1.53. The van der Waals surface area contributed by atoms with E-state index in [0.29, 0.717) is 5.02 Å². The predicted molar refractivity (Wildman–Crippen MR) is 67.3 cm³/mol. The van der Waals surface area contributed by atoms with E-state index in [9.17, 15) is 4.79 Å². The lowest BCUT2D eigenvalue weighted by molar-refractivity contribution is -0.119. The van der Waals surface area contributed by atoms with Gasteiger partial charge in [-0.15, -0.1) is 11.8 Å². The van der Waals surface area contributed by atoms with Crippen molar-refractivity contribution in [3.05, 3.63) is 23.2 Å². The maximum absolute atomic E-state index is 12.1. The summed E-state index contributed by atoms with van der Waals surface area (Å²) in [6.07, 6.45) is 2.11. The maximum atomic E-state index is 12.1. The molecule has 0 atom stereocenters. The lowest BCUT2D eigenvalue weighted by Gasteiger charge is -2.29. The normalized spacial score (nSPS) is 19.4. The second kappa shape index (κ2) is 3.97. The molecule has 84 valence electrons. The van der Waals surface area contributed by atoms with Gasteiger partial charge < -0.3 is 4.90 Å². The minimum Gasteiger partial charge on any atom is -0.310 e. The number of fused-ring (bicyclic) bond motifs is 1. The van der Waals surface area contributed by atoms with Crippen LogP contribution in [-0.4, -0.2) is 18.2 Å². The van der Waals surface area contributed by atoms with Crippen LogP contribution in [0.15, 0.2) is 23.1 Å². The Morgan fingerprint density at radius 1 is 1.44 bits per heavy atom. The number of carbonyl (C=O) groups excluding carboxylic acids is 1. The summed E-state index contributed by atoms with van der Waals surface area (Å²) in [6.45, 7) is 0.813. The first-order valence-electron chi connectivity index (χ1n) is 5.49. The highest BCUT2D eigenvalue weighted by Crippen LogP contribution is 2.40. The number of hydrogen-bond donors (Lipinski definition) is 0. The Bertz CT molecular complexity index is 445. The topological polar surface area (TPSA) is 20.3 Å². The number of rotatable bonds is 1.